The molecule has 0 atom stereocenters. The standard InChI is InChI=1S/C63H64N6O12P2/c1-39-30-31-46(66-62(76)80-34-20-32-64-56(70)58(72)68-54-42(4)36-40(2)52(44(54)6)60(74)82(78,47-22-12-8-13-23-47)48-24-14-9-15-25-48)38-51(39)67-63(77)81-35-21-33-65-57(71)59(73)69-55-43(5)37-41(3)53(45(55)7)61(75)83(79,49-26-16-10-17-27-49)50-28-18-11-19-29-50/h8-19,22-31,36-38H,20-21,32-35H2,1-7H3,(H,64,70)(H,65,71)(H,66,76)(H,67,77)(H,68,72)(H,69,73). The van der Waals surface area contributed by atoms with E-state index >= 15 is 0 Å². The van der Waals surface area contributed by atoms with Crippen LogP contribution >= 0.6 is 14.3 Å². The quantitative estimate of drug-likeness (QED) is 0.0237. The van der Waals surface area contributed by atoms with Gasteiger partial charge in [-0.2, -0.15) is 0 Å². The van der Waals surface area contributed by atoms with Crippen molar-refractivity contribution in [3.63, 3.8) is 0 Å². The van der Waals surface area contributed by atoms with E-state index in [1.807, 2.05) is 0 Å². The number of hydrogen-bond acceptors (Lipinski definition) is 12. The van der Waals surface area contributed by atoms with Gasteiger partial charge in [0, 0.05) is 68.2 Å². The Kier molecular flexibility index (Phi) is 20.3. The molecular weight excluding hydrogens is 1090 g/mol. The van der Waals surface area contributed by atoms with E-state index in [1.54, 1.807) is 194 Å². The van der Waals surface area contributed by atoms with E-state index in [2.05, 4.69) is 31.9 Å². The van der Waals surface area contributed by atoms with Crippen molar-refractivity contribution in [1.82, 2.24) is 10.6 Å². The third-order valence-electron chi connectivity index (χ3n) is 13.7. The predicted octanol–water partition coefficient (Wildman–Crippen LogP) is 9.54. The highest BCUT2D eigenvalue weighted by Crippen LogP contribution is 2.50. The number of hydrogen-bond donors (Lipinski definition) is 6. The van der Waals surface area contributed by atoms with Crippen molar-refractivity contribution < 1.29 is 57.0 Å². The number of anilines is 4. The Labute approximate surface area is 481 Å². The first-order valence-electron chi connectivity index (χ1n) is 26.6. The normalized spacial score (nSPS) is 11.1. The lowest BCUT2D eigenvalue weighted by molar-refractivity contribution is -0.136. The van der Waals surface area contributed by atoms with Crippen molar-refractivity contribution in [2.24, 2.45) is 0 Å². The Morgan fingerprint density at radius 2 is 0.735 bits per heavy atom. The van der Waals surface area contributed by atoms with Gasteiger partial charge in [0.1, 0.15) is 0 Å². The first-order valence-corrected chi connectivity index (χ1v) is 30.0. The summed E-state index contributed by atoms with van der Waals surface area (Å²) in [7, 11) is -7.77. The summed E-state index contributed by atoms with van der Waals surface area (Å²) in [5.41, 5.74) is 3.83. The predicted molar refractivity (Wildman–Crippen MR) is 323 cm³/mol. The number of rotatable bonds is 20. The van der Waals surface area contributed by atoms with Crippen LogP contribution in [-0.4, -0.2) is 73.2 Å². The fourth-order valence-electron chi connectivity index (χ4n) is 9.56. The summed E-state index contributed by atoms with van der Waals surface area (Å²) >= 11 is 0. The highest BCUT2D eigenvalue weighted by Gasteiger charge is 2.40. The fourth-order valence-corrected chi connectivity index (χ4v) is 14.8. The lowest BCUT2D eigenvalue weighted by Gasteiger charge is -2.22. The van der Waals surface area contributed by atoms with Gasteiger partial charge in [-0.05, 0) is 112 Å². The van der Waals surface area contributed by atoms with Gasteiger partial charge in [-0.3, -0.25) is 39.4 Å². The van der Waals surface area contributed by atoms with Gasteiger partial charge in [0.05, 0.1) is 13.2 Å². The van der Waals surface area contributed by atoms with Gasteiger partial charge in [0.25, 0.3) is 0 Å². The molecule has 0 unspecified atom stereocenters. The molecule has 0 spiro atoms. The molecule has 6 N–H and O–H groups in total. The molecule has 0 radical (unpaired) electrons. The number of amides is 6. The third kappa shape index (κ3) is 14.3. The number of carbonyl (C=O) groups is 8. The maximum Gasteiger partial charge on any atom is 0.411 e. The molecule has 0 heterocycles. The van der Waals surface area contributed by atoms with Crippen molar-refractivity contribution in [1.29, 1.82) is 0 Å². The van der Waals surface area contributed by atoms with Crippen molar-refractivity contribution in [3.8, 4) is 0 Å². The molecule has 0 saturated carbocycles. The van der Waals surface area contributed by atoms with Crippen LogP contribution in [0.25, 0.3) is 0 Å². The number of aryl methyl sites for hydroxylation is 5. The molecule has 0 bridgehead atoms. The van der Waals surface area contributed by atoms with Gasteiger partial charge in [-0.1, -0.05) is 140 Å². The van der Waals surface area contributed by atoms with E-state index in [4.69, 9.17) is 9.47 Å². The summed E-state index contributed by atoms with van der Waals surface area (Å²) in [5.74, 6) is -3.94. The summed E-state index contributed by atoms with van der Waals surface area (Å²) in [6.07, 6.45) is -1.38. The van der Waals surface area contributed by atoms with E-state index in [1.165, 1.54) is 6.07 Å². The molecule has 0 fully saturated rings. The Morgan fingerprint density at radius 1 is 0.386 bits per heavy atom. The zero-order chi connectivity index (χ0) is 60.0. The number of carbonyl (C=O) groups excluding carboxylic acids is 8. The first-order chi connectivity index (χ1) is 39.7. The minimum Gasteiger partial charge on any atom is -0.449 e. The van der Waals surface area contributed by atoms with Crippen LogP contribution in [0.15, 0.2) is 152 Å². The monoisotopic (exact) mass is 1160 g/mol. The number of nitrogens with one attached hydrogen (secondary N) is 6. The van der Waals surface area contributed by atoms with E-state index in [0.717, 1.165) is 0 Å². The van der Waals surface area contributed by atoms with Crippen LogP contribution in [0.1, 0.15) is 72.5 Å². The van der Waals surface area contributed by atoms with Crippen LogP contribution in [0.5, 0.6) is 0 Å². The molecule has 7 aromatic carbocycles. The highest BCUT2D eigenvalue weighted by atomic mass is 31.2. The van der Waals surface area contributed by atoms with Gasteiger partial charge in [0.2, 0.25) is 25.3 Å². The topological polar surface area (TPSA) is 261 Å². The van der Waals surface area contributed by atoms with Gasteiger partial charge in [-0.15, -0.1) is 0 Å². The second-order valence-corrected chi connectivity index (χ2v) is 24.9. The van der Waals surface area contributed by atoms with E-state index in [0.29, 0.717) is 65.8 Å². The van der Waals surface area contributed by atoms with Crippen molar-refractivity contribution in [2.75, 3.05) is 47.6 Å². The molecule has 0 aliphatic carbocycles. The number of ether oxygens (including phenoxy) is 2. The zero-order valence-electron chi connectivity index (χ0n) is 47.0. The Balaban J connectivity index is 0.834. The molecule has 83 heavy (non-hydrogen) atoms. The Hall–Kier alpha value is -9.24. The minimum absolute atomic E-state index is 0.0358. The summed E-state index contributed by atoms with van der Waals surface area (Å²) < 4.78 is 40.4. The zero-order valence-corrected chi connectivity index (χ0v) is 48.8. The van der Waals surface area contributed by atoms with Crippen LogP contribution in [0.2, 0.25) is 0 Å². The summed E-state index contributed by atoms with van der Waals surface area (Å²) in [5, 5.41) is 16.9. The van der Waals surface area contributed by atoms with Crippen molar-refractivity contribution in [2.45, 2.75) is 61.3 Å². The summed E-state index contributed by atoms with van der Waals surface area (Å²) in [4.78, 5) is 107. The molecule has 0 aliphatic rings. The largest absolute Gasteiger partial charge is 0.449 e. The molecule has 0 aromatic heterocycles. The van der Waals surface area contributed by atoms with E-state index in [-0.39, 0.29) is 67.3 Å². The van der Waals surface area contributed by atoms with Crippen LogP contribution in [0, 0.1) is 48.5 Å². The minimum atomic E-state index is -3.89. The maximum atomic E-state index is 14.9. The average Bonchev–Trinajstić information content (AvgIpc) is 1.90. The van der Waals surface area contributed by atoms with Crippen molar-refractivity contribution >= 4 is 105 Å². The van der Waals surface area contributed by atoms with Gasteiger partial charge in [-0.25, -0.2) is 9.59 Å². The second kappa shape index (κ2) is 27.5. The third-order valence-corrected chi connectivity index (χ3v) is 19.4. The molecule has 0 aliphatic heterocycles. The summed E-state index contributed by atoms with van der Waals surface area (Å²) in [6.45, 7) is 11.5. The molecule has 6 amide bonds. The molecule has 7 rings (SSSR count). The average molecular weight is 1160 g/mol. The Bertz CT molecular complexity index is 3640. The highest BCUT2D eigenvalue weighted by molar-refractivity contribution is 7.94. The molecule has 7 aromatic rings. The van der Waals surface area contributed by atoms with Crippen molar-refractivity contribution in [3.05, 3.63) is 202 Å². The molecular formula is C63H64N6O12P2. The molecule has 0 saturated heterocycles. The molecule has 428 valence electrons. The first kappa shape index (κ1) is 61.4. The maximum absolute atomic E-state index is 14.9. The SMILES string of the molecule is Cc1ccc(NC(=O)OCCCNC(=O)C(=O)Nc2c(C)cc(C)c(C(=O)P(=O)(c3ccccc3)c3ccccc3)c2C)cc1NC(=O)OCCCNC(=O)C(=O)Nc1c(C)cc(C)c(C(=O)P(=O)(c2ccccc2)c2ccccc2)c1C. The van der Waals surface area contributed by atoms with Gasteiger partial charge < -0.3 is 39.9 Å². The van der Waals surface area contributed by atoms with Crippen LogP contribution in [0.3, 0.4) is 0 Å². The smallest absolute Gasteiger partial charge is 0.411 e. The fraction of sp³-hybridized carbons (Fsp3) is 0.206. The Morgan fingerprint density at radius 3 is 1.10 bits per heavy atom. The molecule has 20 heteroatoms. The molecule has 18 nitrogen and oxygen atoms in total. The lowest BCUT2D eigenvalue weighted by atomic mass is 9.98. The lowest BCUT2D eigenvalue weighted by Crippen LogP contribution is -2.36. The van der Waals surface area contributed by atoms with E-state index < -0.39 is 61.1 Å². The number of benzene rings is 7. The van der Waals surface area contributed by atoms with Crippen LogP contribution in [0.4, 0.5) is 32.3 Å². The van der Waals surface area contributed by atoms with Gasteiger partial charge >= 0.3 is 35.8 Å². The second-order valence-electron chi connectivity index (χ2n) is 19.6. The summed E-state index contributed by atoms with van der Waals surface area (Å²) in [6, 6.07) is 42.1. The van der Waals surface area contributed by atoms with Crippen LogP contribution in [-0.2, 0) is 37.8 Å². The van der Waals surface area contributed by atoms with Gasteiger partial charge in [0.15, 0.2) is 0 Å². The van der Waals surface area contributed by atoms with Crippen LogP contribution < -0.4 is 53.1 Å². The van der Waals surface area contributed by atoms with E-state index in [9.17, 15) is 47.5 Å².